The summed E-state index contributed by atoms with van der Waals surface area (Å²) in [4.78, 5) is 64.7. The molecule has 49 heavy (non-hydrogen) atoms. The number of fused-ring (bicyclic) bond motifs is 3. The number of carbonyl (C=O) groups excluding carboxylic acids is 4. The highest BCUT2D eigenvalue weighted by Crippen LogP contribution is 2.44. The van der Waals surface area contributed by atoms with Gasteiger partial charge in [0.15, 0.2) is 5.78 Å². The van der Waals surface area contributed by atoms with Crippen molar-refractivity contribution in [3.63, 3.8) is 0 Å². The van der Waals surface area contributed by atoms with Crippen molar-refractivity contribution in [3.05, 3.63) is 95.6 Å². The van der Waals surface area contributed by atoms with Gasteiger partial charge < -0.3 is 25.8 Å². The van der Waals surface area contributed by atoms with Gasteiger partial charge in [0, 0.05) is 5.92 Å². The van der Waals surface area contributed by atoms with Crippen LogP contribution in [0.2, 0.25) is 0 Å². The Morgan fingerprint density at radius 1 is 0.878 bits per heavy atom. The molecule has 11 nitrogen and oxygen atoms in total. The van der Waals surface area contributed by atoms with Gasteiger partial charge in [0.1, 0.15) is 23.9 Å². The molecule has 2 aliphatic rings. The van der Waals surface area contributed by atoms with Crippen molar-refractivity contribution in [1.29, 1.82) is 5.26 Å². The van der Waals surface area contributed by atoms with E-state index in [4.69, 9.17) is 4.74 Å². The number of hydrogen-bond donors (Lipinski definition) is 4. The van der Waals surface area contributed by atoms with Gasteiger partial charge in [-0.05, 0) is 59.8 Å². The number of benzene rings is 3. The molecule has 3 amide bonds. The van der Waals surface area contributed by atoms with Crippen LogP contribution >= 0.6 is 10.5 Å². The molecule has 0 bridgehead atoms. The Morgan fingerprint density at radius 3 is 2.10 bits per heavy atom. The number of Topliss-reactive ketones (excluding diaryl/α,β-unsaturated/α-hetero) is 1. The molecule has 2 unspecified atom stereocenters. The summed E-state index contributed by atoms with van der Waals surface area (Å²) in [5.41, 5.74) is 4.83. The molecule has 0 spiro atoms. The maximum Gasteiger partial charge on any atom is 0.407 e. The minimum absolute atomic E-state index is 0.0419. The lowest BCUT2D eigenvalue weighted by Gasteiger charge is -2.24. The Hall–Kier alpha value is -5.28. The van der Waals surface area contributed by atoms with Crippen LogP contribution in [0.3, 0.4) is 0 Å². The summed E-state index contributed by atoms with van der Waals surface area (Å²) >= 11 is 0. The number of alkyl carbamates (subject to hydrolysis) is 1. The van der Waals surface area contributed by atoms with Crippen LogP contribution in [-0.4, -0.2) is 75.9 Å². The number of amides is 3. The molecule has 12 heteroatoms. The predicted molar refractivity (Wildman–Crippen MR) is 186 cm³/mol. The normalized spacial score (nSPS) is 17.1. The molecule has 0 radical (unpaired) electrons. The lowest BCUT2D eigenvalue weighted by atomic mass is 9.98. The van der Waals surface area contributed by atoms with Crippen molar-refractivity contribution in [2.45, 2.75) is 61.9 Å². The number of nitrogens with one attached hydrogen (secondary N) is 3. The van der Waals surface area contributed by atoms with Crippen molar-refractivity contribution in [3.8, 4) is 17.2 Å². The lowest BCUT2D eigenvalue weighted by molar-refractivity contribution is -0.140. The molecule has 0 saturated carbocycles. The van der Waals surface area contributed by atoms with Gasteiger partial charge in [-0.25, -0.2) is 4.79 Å². The van der Waals surface area contributed by atoms with Gasteiger partial charge >= 0.3 is 12.1 Å². The molecule has 3 aromatic carbocycles. The second-order valence-corrected chi connectivity index (χ2v) is 14.1. The summed E-state index contributed by atoms with van der Waals surface area (Å²) in [5.74, 6) is -2.87. The zero-order valence-corrected chi connectivity index (χ0v) is 27.8. The van der Waals surface area contributed by atoms with Gasteiger partial charge in [0.2, 0.25) is 11.8 Å². The monoisotopic (exact) mass is 682 g/mol. The topological polar surface area (TPSA) is 175 Å². The van der Waals surface area contributed by atoms with Crippen molar-refractivity contribution < 1.29 is 33.8 Å². The van der Waals surface area contributed by atoms with E-state index in [0.717, 1.165) is 46.4 Å². The summed E-state index contributed by atoms with van der Waals surface area (Å²) in [7, 11) is -0.515. The Bertz CT molecular complexity index is 1760. The number of ketones is 1. The van der Waals surface area contributed by atoms with Crippen molar-refractivity contribution in [1.82, 2.24) is 16.0 Å². The van der Waals surface area contributed by atoms with Crippen LogP contribution in [0.15, 0.2) is 78.9 Å². The molecule has 4 N–H and O–H groups in total. The lowest BCUT2D eigenvalue weighted by Crippen LogP contribution is -2.56. The van der Waals surface area contributed by atoms with Gasteiger partial charge in [-0.3, -0.25) is 19.2 Å². The fourth-order valence-corrected chi connectivity index (χ4v) is 8.32. The number of rotatable bonds is 14. The first kappa shape index (κ1) is 35.0. The van der Waals surface area contributed by atoms with Crippen LogP contribution in [-0.2, 0) is 30.3 Å². The fraction of sp³-hybridized carbons (Fsp3) is 0.324. The number of nitriles is 1. The van der Waals surface area contributed by atoms with Gasteiger partial charge in [0.05, 0.1) is 18.5 Å². The summed E-state index contributed by atoms with van der Waals surface area (Å²) in [6.45, 7) is 1.34. The standard InChI is InChI=1S/C37H38N4O7S/c1-23(35(45)40-30(19-24-11-3-2-4-12-24)34(44)32(21-38)49-17-9-10-18-49)39-36(46)31(20-33(42)43)41-37(47)48-22-29-27-15-7-5-13-25(27)26-14-6-8-16-28(26)29/h2-8,11-17,23,29-32H,9-10,18-20,22H2,1H3,(H,39,46)(H,40,45)(H,41,47)(H,42,43)/t23-,30-,31+,32?,49?/m0/s1. The van der Waals surface area contributed by atoms with E-state index in [-0.39, 0.29) is 18.9 Å². The summed E-state index contributed by atoms with van der Waals surface area (Å²) in [6, 6.07) is 23.0. The highest BCUT2D eigenvalue weighted by atomic mass is 32.2. The first-order valence-corrected chi connectivity index (χ1v) is 17.6. The molecule has 3 aromatic rings. The number of ether oxygens (including phenoxy) is 1. The summed E-state index contributed by atoms with van der Waals surface area (Å²) in [6.07, 6.45) is 0.124. The number of hydrogen-bond acceptors (Lipinski definition) is 7. The Kier molecular flexibility index (Phi) is 11.6. The third kappa shape index (κ3) is 8.61. The van der Waals surface area contributed by atoms with E-state index >= 15 is 0 Å². The molecular formula is C37H38N4O7S. The number of carbonyl (C=O) groups is 5. The van der Waals surface area contributed by atoms with Crippen LogP contribution < -0.4 is 16.0 Å². The van der Waals surface area contributed by atoms with Crippen molar-refractivity contribution >= 4 is 45.5 Å². The highest BCUT2D eigenvalue weighted by Gasteiger charge is 2.34. The minimum atomic E-state index is -1.55. The van der Waals surface area contributed by atoms with Gasteiger partial charge in [0.25, 0.3) is 0 Å². The van der Waals surface area contributed by atoms with Crippen LogP contribution in [0.1, 0.15) is 48.8 Å². The zero-order valence-electron chi connectivity index (χ0n) is 27.0. The quantitative estimate of drug-likeness (QED) is 0.185. The first-order valence-electron chi connectivity index (χ1n) is 16.1. The molecule has 0 saturated heterocycles. The third-order valence-corrected chi connectivity index (χ3v) is 11.0. The second-order valence-electron chi connectivity index (χ2n) is 12.0. The number of carboxylic acid groups (broad SMARTS) is 1. The highest BCUT2D eigenvalue weighted by molar-refractivity contribution is 8.16. The van der Waals surface area contributed by atoms with E-state index in [0.29, 0.717) is 0 Å². The largest absolute Gasteiger partial charge is 0.481 e. The minimum Gasteiger partial charge on any atom is -0.481 e. The average molecular weight is 683 g/mol. The van der Waals surface area contributed by atoms with E-state index in [9.17, 15) is 34.3 Å². The van der Waals surface area contributed by atoms with Crippen molar-refractivity contribution in [2.75, 3.05) is 12.4 Å². The van der Waals surface area contributed by atoms with Crippen molar-refractivity contribution in [2.24, 2.45) is 0 Å². The van der Waals surface area contributed by atoms with Crippen LogP contribution in [0, 0.1) is 11.3 Å². The fourth-order valence-electron chi connectivity index (χ4n) is 6.16. The molecule has 1 aliphatic carbocycles. The van der Waals surface area contributed by atoms with E-state index in [1.165, 1.54) is 6.92 Å². The molecule has 5 atom stereocenters. The molecule has 0 fully saturated rings. The average Bonchev–Trinajstić information content (AvgIpc) is 3.74. The summed E-state index contributed by atoms with van der Waals surface area (Å²) in [5, 5.41) is 28.0. The Labute approximate surface area is 287 Å². The van der Waals surface area contributed by atoms with Crippen LogP contribution in [0.25, 0.3) is 11.1 Å². The molecule has 1 heterocycles. The van der Waals surface area contributed by atoms with Gasteiger partial charge in [-0.15, -0.1) is 0 Å². The number of aliphatic carboxylic acids is 1. The third-order valence-electron chi connectivity index (χ3n) is 8.62. The molecule has 0 aromatic heterocycles. The van der Waals surface area contributed by atoms with Gasteiger partial charge in [-0.1, -0.05) is 84.2 Å². The first-order chi connectivity index (χ1) is 23.7. The Morgan fingerprint density at radius 2 is 1.51 bits per heavy atom. The van der Waals surface area contributed by atoms with E-state index in [2.05, 4.69) is 22.0 Å². The van der Waals surface area contributed by atoms with Crippen LogP contribution in [0.5, 0.6) is 0 Å². The molecule has 1 aliphatic heterocycles. The molecule has 254 valence electrons. The second kappa shape index (κ2) is 16.2. The molecule has 5 rings (SSSR count). The Balaban J connectivity index is 1.22. The van der Waals surface area contributed by atoms with Crippen LogP contribution in [0.4, 0.5) is 4.79 Å². The SMILES string of the molecule is C[C@H](NC(=O)[C@@H](CC(=O)O)NC(=O)OCC1c2ccccc2-c2ccccc21)C(=O)N[C@@H](Cc1ccccc1)C(=O)C(C#N)S1=CCCC1. The number of carboxylic acids is 1. The van der Waals surface area contributed by atoms with E-state index < -0.39 is 69.9 Å². The van der Waals surface area contributed by atoms with Gasteiger partial charge in [-0.2, -0.15) is 15.7 Å². The zero-order chi connectivity index (χ0) is 34.9. The van der Waals surface area contributed by atoms with E-state index in [1.807, 2.05) is 84.2 Å². The maximum atomic E-state index is 13.6. The smallest absolute Gasteiger partial charge is 0.407 e. The number of nitrogens with zero attached hydrogens (tertiary/aromatic N) is 1. The summed E-state index contributed by atoms with van der Waals surface area (Å²) < 4.78 is 5.50. The predicted octanol–water partition coefficient (Wildman–Crippen LogP) is 3.93. The van der Waals surface area contributed by atoms with E-state index in [1.54, 1.807) is 0 Å². The maximum absolute atomic E-state index is 13.6. The molecular weight excluding hydrogens is 644 g/mol.